The Hall–Kier alpha value is -2.91. The highest BCUT2D eigenvalue weighted by Gasteiger charge is 2.26. The molecule has 0 bridgehead atoms. The van der Waals surface area contributed by atoms with E-state index in [-0.39, 0.29) is 23.5 Å². The van der Waals surface area contributed by atoms with Crippen LogP contribution in [0.4, 0.5) is 5.69 Å². The van der Waals surface area contributed by atoms with Gasteiger partial charge in [-0.3, -0.25) is 19.6 Å². The fourth-order valence-corrected chi connectivity index (χ4v) is 2.34. The Bertz CT molecular complexity index is 737. The number of carbonyl (C=O) groups is 1. The fourth-order valence-electron chi connectivity index (χ4n) is 2.34. The van der Waals surface area contributed by atoms with Crippen molar-refractivity contribution >= 4 is 11.6 Å². The Labute approximate surface area is 138 Å². The van der Waals surface area contributed by atoms with Gasteiger partial charge in [0.2, 0.25) is 5.91 Å². The number of nitrogens with zero attached hydrogens (tertiary/aromatic N) is 5. The molecule has 1 amide bonds. The first-order chi connectivity index (χ1) is 11.4. The van der Waals surface area contributed by atoms with Crippen molar-refractivity contribution in [2.75, 3.05) is 7.11 Å². The zero-order chi connectivity index (χ0) is 17.9. The Balaban J connectivity index is 2.13. The molecule has 0 aliphatic carbocycles. The highest BCUT2D eigenvalue weighted by atomic mass is 16.6. The minimum atomic E-state index is -0.729. The van der Waals surface area contributed by atoms with Crippen LogP contribution in [-0.2, 0) is 11.3 Å². The van der Waals surface area contributed by atoms with Crippen molar-refractivity contribution in [1.29, 1.82) is 0 Å². The van der Waals surface area contributed by atoms with E-state index in [0.29, 0.717) is 6.54 Å². The van der Waals surface area contributed by atoms with Crippen molar-refractivity contribution in [3.05, 3.63) is 34.3 Å². The van der Waals surface area contributed by atoms with Gasteiger partial charge in [-0.05, 0) is 26.8 Å². The maximum atomic E-state index is 12.4. The average Bonchev–Trinajstić information content (AvgIpc) is 3.20. The minimum absolute atomic E-state index is 0.128. The number of hydrogen-bond acceptors (Lipinski definition) is 6. The van der Waals surface area contributed by atoms with Crippen molar-refractivity contribution in [2.45, 2.75) is 39.4 Å². The number of ether oxygens (including phenoxy) is 1. The van der Waals surface area contributed by atoms with E-state index < -0.39 is 11.0 Å². The van der Waals surface area contributed by atoms with Gasteiger partial charge >= 0.3 is 11.6 Å². The molecule has 0 fully saturated rings. The van der Waals surface area contributed by atoms with Crippen molar-refractivity contribution in [3.63, 3.8) is 0 Å². The van der Waals surface area contributed by atoms with Gasteiger partial charge < -0.3 is 10.1 Å². The fraction of sp³-hybridized carbons (Fsp3) is 0.500. The van der Waals surface area contributed by atoms with Crippen LogP contribution in [0.15, 0.2) is 18.5 Å². The van der Waals surface area contributed by atoms with E-state index in [0.717, 1.165) is 5.69 Å². The Morgan fingerprint density at radius 2 is 2.21 bits per heavy atom. The first-order valence-corrected chi connectivity index (χ1v) is 7.48. The summed E-state index contributed by atoms with van der Waals surface area (Å²) in [5.74, 6) is -0.442. The minimum Gasteiger partial charge on any atom is -0.475 e. The molecule has 0 saturated carbocycles. The molecule has 10 nitrogen and oxygen atoms in total. The molecule has 1 N–H and O–H groups in total. The number of carbonyl (C=O) groups excluding carboxylic acids is 1. The number of amides is 1. The van der Waals surface area contributed by atoms with Crippen LogP contribution in [0.2, 0.25) is 0 Å². The number of aryl methyl sites for hydroxylation is 1. The third-order valence-electron chi connectivity index (χ3n) is 3.70. The number of rotatable bonds is 7. The molecule has 2 atom stereocenters. The molecule has 2 rings (SSSR count). The van der Waals surface area contributed by atoms with E-state index >= 15 is 0 Å². The number of methoxy groups -OCH3 is 1. The van der Waals surface area contributed by atoms with Crippen molar-refractivity contribution in [1.82, 2.24) is 24.9 Å². The van der Waals surface area contributed by atoms with Gasteiger partial charge in [-0.2, -0.15) is 5.10 Å². The lowest BCUT2D eigenvalue weighted by atomic mass is 10.2. The van der Waals surface area contributed by atoms with Gasteiger partial charge in [0.25, 0.3) is 0 Å². The van der Waals surface area contributed by atoms with Gasteiger partial charge in [0, 0.05) is 12.7 Å². The summed E-state index contributed by atoms with van der Waals surface area (Å²) in [7, 11) is 1.29. The summed E-state index contributed by atoms with van der Waals surface area (Å²) in [4.78, 5) is 22.8. The third kappa shape index (κ3) is 3.36. The summed E-state index contributed by atoms with van der Waals surface area (Å²) < 4.78 is 7.88. The van der Waals surface area contributed by atoms with E-state index in [1.54, 1.807) is 17.8 Å². The van der Waals surface area contributed by atoms with Crippen molar-refractivity contribution < 1.29 is 14.5 Å². The summed E-state index contributed by atoms with van der Waals surface area (Å²) in [5, 5.41) is 21.9. The summed E-state index contributed by atoms with van der Waals surface area (Å²) in [6.07, 6.45) is 2.86. The van der Waals surface area contributed by atoms with Crippen LogP contribution in [0.1, 0.15) is 38.5 Å². The molecule has 0 radical (unpaired) electrons. The Kier molecular flexibility index (Phi) is 5.17. The molecule has 0 spiro atoms. The zero-order valence-corrected chi connectivity index (χ0v) is 14.0. The third-order valence-corrected chi connectivity index (χ3v) is 3.70. The van der Waals surface area contributed by atoms with Gasteiger partial charge in [-0.25, -0.2) is 4.68 Å². The monoisotopic (exact) mass is 336 g/mol. The Morgan fingerprint density at radius 1 is 1.50 bits per heavy atom. The second-order valence-corrected chi connectivity index (χ2v) is 5.24. The number of aromatic nitrogens is 4. The standard InChI is InChI=1S/C14H20N6O4/c1-5-18-11(6-7-15-18)9(2)16-13(21)10(3)19-8-12(20(22)23)14(17-19)24-4/h6-10H,5H2,1-4H3,(H,16,21). The van der Waals surface area contributed by atoms with E-state index in [2.05, 4.69) is 15.5 Å². The topological polar surface area (TPSA) is 117 Å². The van der Waals surface area contributed by atoms with Gasteiger partial charge in [0.1, 0.15) is 12.2 Å². The summed E-state index contributed by atoms with van der Waals surface area (Å²) >= 11 is 0. The van der Waals surface area contributed by atoms with E-state index in [4.69, 9.17) is 4.74 Å². The van der Waals surface area contributed by atoms with Crippen LogP contribution in [0, 0.1) is 10.1 Å². The predicted octanol–water partition coefficient (Wildman–Crippen LogP) is 1.45. The van der Waals surface area contributed by atoms with Crippen LogP contribution in [0.3, 0.4) is 0 Å². The molecule has 0 saturated heterocycles. The molecule has 2 aromatic rings. The smallest absolute Gasteiger partial charge is 0.350 e. The molecule has 24 heavy (non-hydrogen) atoms. The second kappa shape index (κ2) is 7.11. The van der Waals surface area contributed by atoms with Gasteiger partial charge in [0.05, 0.1) is 23.8 Å². The first kappa shape index (κ1) is 17.4. The maximum absolute atomic E-state index is 12.4. The molecule has 10 heteroatoms. The molecule has 2 unspecified atom stereocenters. The number of nitro groups is 1. The number of nitrogens with one attached hydrogen (secondary N) is 1. The molecule has 130 valence electrons. The quantitative estimate of drug-likeness (QED) is 0.604. The van der Waals surface area contributed by atoms with Gasteiger partial charge in [-0.1, -0.05) is 0 Å². The van der Waals surface area contributed by atoms with Crippen molar-refractivity contribution in [2.24, 2.45) is 0 Å². The van der Waals surface area contributed by atoms with Crippen LogP contribution < -0.4 is 10.1 Å². The number of hydrogen-bond donors (Lipinski definition) is 1. The normalized spacial score (nSPS) is 13.3. The molecule has 0 aliphatic rings. The highest BCUT2D eigenvalue weighted by Crippen LogP contribution is 2.26. The summed E-state index contributed by atoms with van der Waals surface area (Å²) in [6.45, 7) is 6.11. The average molecular weight is 336 g/mol. The van der Waals surface area contributed by atoms with E-state index in [9.17, 15) is 14.9 Å². The van der Waals surface area contributed by atoms with Crippen LogP contribution in [-0.4, -0.2) is 37.5 Å². The molecule has 0 aromatic carbocycles. The van der Waals surface area contributed by atoms with Crippen molar-refractivity contribution in [3.8, 4) is 5.88 Å². The maximum Gasteiger partial charge on any atom is 0.350 e. The van der Waals surface area contributed by atoms with E-state index in [1.807, 2.05) is 19.9 Å². The lowest BCUT2D eigenvalue weighted by Gasteiger charge is -2.18. The molecular weight excluding hydrogens is 316 g/mol. The SMILES string of the molecule is CCn1nccc1C(C)NC(=O)C(C)n1cc([N+](=O)[O-])c(OC)n1. The van der Waals surface area contributed by atoms with Gasteiger partial charge in [-0.15, -0.1) is 5.10 Å². The lowest BCUT2D eigenvalue weighted by Crippen LogP contribution is -2.34. The predicted molar refractivity (Wildman–Crippen MR) is 84.6 cm³/mol. The Morgan fingerprint density at radius 3 is 2.75 bits per heavy atom. The second-order valence-electron chi connectivity index (χ2n) is 5.24. The molecule has 0 aliphatic heterocycles. The van der Waals surface area contributed by atoms with Crippen LogP contribution in [0.5, 0.6) is 5.88 Å². The van der Waals surface area contributed by atoms with Crippen LogP contribution >= 0.6 is 0 Å². The van der Waals surface area contributed by atoms with E-state index in [1.165, 1.54) is 18.0 Å². The molecule has 2 heterocycles. The lowest BCUT2D eigenvalue weighted by molar-refractivity contribution is -0.385. The molecular formula is C14H20N6O4. The van der Waals surface area contributed by atoms with Crippen LogP contribution in [0.25, 0.3) is 0 Å². The highest BCUT2D eigenvalue weighted by molar-refractivity contribution is 5.80. The van der Waals surface area contributed by atoms with Gasteiger partial charge in [0.15, 0.2) is 0 Å². The first-order valence-electron chi connectivity index (χ1n) is 7.48. The summed E-state index contributed by atoms with van der Waals surface area (Å²) in [6, 6.07) is 0.851. The zero-order valence-electron chi connectivity index (χ0n) is 14.0. The summed E-state index contributed by atoms with van der Waals surface area (Å²) in [5.41, 5.74) is 0.594. The largest absolute Gasteiger partial charge is 0.475 e. The molecule has 2 aromatic heterocycles.